The van der Waals surface area contributed by atoms with Gasteiger partial charge in [0.2, 0.25) is 0 Å². The zero-order valence-corrected chi connectivity index (χ0v) is 12.5. The fourth-order valence-corrected chi connectivity index (χ4v) is 2.93. The molecule has 130 valence electrons. The Bertz CT molecular complexity index is 810. The zero-order valence-electron chi connectivity index (χ0n) is 11.7. The fraction of sp³-hybridized carbons (Fsp3) is 0.231. The van der Waals surface area contributed by atoms with Crippen LogP contribution in [-0.4, -0.2) is 16.1 Å². The number of nitrogens with two attached hydrogens (primary N) is 1. The molecule has 24 heavy (non-hydrogen) atoms. The SMILES string of the molecule is Cc1c(N)c(C(=O)O)cc(C(F)(F)F)c1-c1ncc(C(F)(F)F)s1. The molecule has 0 aliphatic rings. The van der Waals surface area contributed by atoms with E-state index in [0.29, 0.717) is 12.3 Å². The quantitative estimate of drug-likeness (QED) is 0.605. The Balaban J connectivity index is 2.80. The second-order valence-corrected chi connectivity index (χ2v) is 5.75. The van der Waals surface area contributed by atoms with Gasteiger partial charge in [-0.1, -0.05) is 0 Å². The van der Waals surface area contributed by atoms with Crippen molar-refractivity contribution in [2.45, 2.75) is 19.3 Å². The van der Waals surface area contributed by atoms with E-state index in [1.54, 1.807) is 0 Å². The molecular formula is C13H8F6N2O2S. The molecule has 3 N–H and O–H groups in total. The number of anilines is 1. The molecule has 1 heterocycles. The van der Waals surface area contributed by atoms with Crippen molar-refractivity contribution in [2.24, 2.45) is 0 Å². The molecule has 4 nitrogen and oxygen atoms in total. The number of carboxylic acid groups (broad SMARTS) is 1. The van der Waals surface area contributed by atoms with Crippen LogP contribution in [0.2, 0.25) is 0 Å². The molecule has 0 aliphatic carbocycles. The third-order valence-electron chi connectivity index (χ3n) is 3.16. The molecule has 11 heteroatoms. The predicted octanol–water partition coefficient (Wildman–Crippen LogP) is 4.44. The van der Waals surface area contributed by atoms with Crippen LogP contribution in [0.3, 0.4) is 0 Å². The van der Waals surface area contributed by atoms with Gasteiger partial charge in [0.1, 0.15) is 9.88 Å². The molecule has 0 fully saturated rings. The van der Waals surface area contributed by atoms with E-state index >= 15 is 0 Å². The molecule has 0 spiro atoms. The number of nitrogen functional groups attached to an aromatic ring is 1. The number of aromatic carboxylic acids is 1. The summed E-state index contributed by atoms with van der Waals surface area (Å²) >= 11 is 0.0212. The predicted molar refractivity (Wildman–Crippen MR) is 73.7 cm³/mol. The molecular weight excluding hydrogens is 362 g/mol. The van der Waals surface area contributed by atoms with E-state index in [1.165, 1.54) is 0 Å². The highest BCUT2D eigenvalue weighted by atomic mass is 32.1. The lowest BCUT2D eigenvalue weighted by Crippen LogP contribution is -2.14. The van der Waals surface area contributed by atoms with Gasteiger partial charge in [-0.05, 0) is 18.6 Å². The first kappa shape index (κ1) is 18.0. The van der Waals surface area contributed by atoms with E-state index in [-0.39, 0.29) is 16.9 Å². The second-order valence-electron chi connectivity index (χ2n) is 4.72. The van der Waals surface area contributed by atoms with Crippen molar-refractivity contribution in [2.75, 3.05) is 5.73 Å². The third-order valence-corrected chi connectivity index (χ3v) is 4.22. The molecule has 0 atom stereocenters. The molecule has 2 rings (SSSR count). The minimum Gasteiger partial charge on any atom is -0.478 e. The van der Waals surface area contributed by atoms with Crippen LogP contribution in [0.4, 0.5) is 32.0 Å². The van der Waals surface area contributed by atoms with Crippen molar-refractivity contribution in [3.05, 3.63) is 33.8 Å². The van der Waals surface area contributed by atoms with Crippen molar-refractivity contribution in [3.63, 3.8) is 0 Å². The van der Waals surface area contributed by atoms with Gasteiger partial charge in [-0.3, -0.25) is 0 Å². The fourth-order valence-electron chi connectivity index (χ4n) is 2.03. The second kappa shape index (κ2) is 5.65. The summed E-state index contributed by atoms with van der Waals surface area (Å²) in [6.07, 6.45) is -9.34. The van der Waals surface area contributed by atoms with Gasteiger partial charge in [0, 0.05) is 11.3 Å². The average molecular weight is 370 g/mol. The van der Waals surface area contributed by atoms with E-state index in [2.05, 4.69) is 4.98 Å². The summed E-state index contributed by atoms with van der Waals surface area (Å²) in [5.41, 5.74) is 1.92. The topological polar surface area (TPSA) is 76.2 Å². The van der Waals surface area contributed by atoms with Gasteiger partial charge in [0.25, 0.3) is 0 Å². The normalized spacial score (nSPS) is 12.5. The number of benzene rings is 1. The molecule has 0 saturated heterocycles. The number of carboxylic acids is 1. The summed E-state index contributed by atoms with van der Waals surface area (Å²) in [4.78, 5) is 13.3. The highest BCUT2D eigenvalue weighted by Crippen LogP contribution is 2.45. The summed E-state index contributed by atoms with van der Waals surface area (Å²) in [5, 5.41) is 8.40. The lowest BCUT2D eigenvalue weighted by atomic mass is 9.96. The summed E-state index contributed by atoms with van der Waals surface area (Å²) < 4.78 is 77.7. The van der Waals surface area contributed by atoms with E-state index in [0.717, 1.165) is 6.92 Å². The van der Waals surface area contributed by atoms with Gasteiger partial charge in [-0.2, -0.15) is 26.3 Å². The van der Waals surface area contributed by atoms with Crippen molar-refractivity contribution in [1.82, 2.24) is 4.98 Å². The maximum Gasteiger partial charge on any atom is 0.427 e. The molecule has 0 aliphatic heterocycles. The van der Waals surface area contributed by atoms with Crippen LogP contribution in [0.5, 0.6) is 0 Å². The molecule has 1 aromatic carbocycles. The van der Waals surface area contributed by atoms with E-state index in [9.17, 15) is 31.1 Å². The van der Waals surface area contributed by atoms with Gasteiger partial charge < -0.3 is 10.8 Å². The van der Waals surface area contributed by atoms with Crippen LogP contribution < -0.4 is 5.73 Å². The van der Waals surface area contributed by atoms with E-state index < -0.39 is 50.6 Å². The Morgan fingerprint density at radius 2 is 1.79 bits per heavy atom. The number of alkyl halides is 6. The Kier molecular flexibility index (Phi) is 4.25. The van der Waals surface area contributed by atoms with Gasteiger partial charge in [-0.25, -0.2) is 9.78 Å². The Hall–Kier alpha value is -2.30. The van der Waals surface area contributed by atoms with Crippen LogP contribution in [0, 0.1) is 6.92 Å². The van der Waals surface area contributed by atoms with E-state index in [1.807, 2.05) is 0 Å². The number of carbonyl (C=O) groups is 1. The minimum atomic E-state index is -5.00. The molecule has 0 saturated carbocycles. The monoisotopic (exact) mass is 370 g/mol. The number of aromatic nitrogens is 1. The maximum absolute atomic E-state index is 13.3. The van der Waals surface area contributed by atoms with Gasteiger partial charge in [0.05, 0.1) is 17.3 Å². The number of halogens is 6. The van der Waals surface area contributed by atoms with Gasteiger partial charge in [-0.15, -0.1) is 11.3 Å². The highest BCUT2D eigenvalue weighted by molar-refractivity contribution is 7.15. The smallest absolute Gasteiger partial charge is 0.427 e. The van der Waals surface area contributed by atoms with Crippen LogP contribution in [0.25, 0.3) is 10.6 Å². The van der Waals surface area contributed by atoms with Crippen molar-refractivity contribution < 1.29 is 36.2 Å². The Morgan fingerprint density at radius 1 is 1.21 bits per heavy atom. The minimum absolute atomic E-state index is 0.0212. The zero-order chi connectivity index (χ0) is 18.4. The van der Waals surface area contributed by atoms with Gasteiger partial charge >= 0.3 is 18.3 Å². The molecule has 0 radical (unpaired) electrons. The number of hydrogen-bond acceptors (Lipinski definition) is 4. The number of thiazole rings is 1. The van der Waals surface area contributed by atoms with Crippen molar-refractivity contribution >= 4 is 23.0 Å². The number of hydrogen-bond donors (Lipinski definition) is 2. The average Bonchev–Trinajstić information content (AvgIpc) is 2.89. The van der Waals surface area contributed by atoms with Crippen molar-refractivity contribution in [1.29, 1.82) is 0 Å². The first-order valence-corrected chi connectivity index (χ1v) is 6.92. The van der Waals surface area contributed by atoms with Crippen LogP contribution in [-0.2, 0) is 12.4 Å². The lowest BCUT2D eigenvalue weighted by molar-refractivity contribution is -0.137. The van der Waals surface area contributed by atoms with Crippen molar-refractivity contribution in [3.8, 4) is 10.6 Å². The Labute approximate surface area is 134 Å². The number of rotatable bonds is 2. The molecule has 0 amide bonds. The maximum atomic E-state index is 13.3. The molecule has 1 aromatic heterocycles. The standard InChI is InChI=1S/C13H8F6N2O2S/c1-4-8(10-21-3-7(24-10)13(17,18)19)6(12(14,15)16)2-5(9(4)20)11(22)23/h2-3H,20H2,1H3,(H,22,23). The summed E-state index contributed by atoms with van der Waals surface area (Å²) in [7, 11) is 0. The molecule has 0 unspecified atom stereocenters. The lowest BCUT2D eigenvalue weighted by Gasteiger charge is -2.17. The van der Waals surface area contributed by atoms with Crippen LogP contribution >= 0.6 is 11.3 Å². The summed E-state index contributed by atoms with van der Waals surface area (Å²) in [6, 6.07) is 0.300. The first-order valence-electron chi connectivity index (χ1n) is 6.11. The highest BCUT2D eigenvalue weighted by Gasteiger charge is 2.39. The first-order chi connectivity index (χ1) is 10.8. The third kappa shape index (κ3) is 3.16. The van der Waals surface area contributed by atoms with E-state index in [4.69, 9.17) is 10.8 Å². The Morgan fingerprint density at radius 3 is 2.21 bits per heavy atom. The largest absolute Gasteiger partial charge is 0.478 e. The van der Waals surface area contributed by atoms with Crippen LogP contribution in [0.1, 0.15) is 26.4 Å². The summed E-state index contributed by atoms with van der Waals surface area (Å²) in [5.74, 6) is -1.68. The molecule has 0 bridgehead atoms. The summed E-state index contributed by atoms with van der Waals surface area (Å²) in [6.45, 7) is 1.10. The van der Waals surface area contributed by atoms with Gasteiger partial charge in [0.15, 0.2) is 0 Å². The molecule has 2 aromatic rings. The van der Waals surface area contributed by atoms with Crippen LogP contribution in [0.15, 0.2) is 12.3 Å². The number of nitrogens with zero attached hydrogens (tertiary/aromatic N) is 1.